The van der Waals surface area contributed by atoms with Crippen LogP contribution in [0, 0.1) is 0 Å². The summed E-state index contributed by atoms with van der Waals surface area (Å²) in [6.45, 7) is 10.7. The van der Waals surface area contributed by atoms with E-state index in [-0.39, 0.29) is 11.3 Å². The van der Waals surface area contributed by atoms with Crippen LogP contribution in [-0.2, 0) is 10.2 Å². The van der Waals surface area contributed by atoms with Crippen molar-refractivity contribution in [3.8, 4) is 0 Å². The van der Waals surface area contributed by atoms with Gasteiger partial charge in [0.05, 0.1) is 11.3 Å². The number of piperidine rings is 1. The highest BCUT2D eigenvalue weighted by atomic mass is 32.2. The molecule has 1 aliphatic rings. The third-order valence-electron chi connectivity index (χ3n) is 5.69. The molecule has 0 radical (unpaired) electrons. The first-order valence-electron chi connectivity index (χ1n) is 10.4. The number of amides is 1. The van der Waals surface area contributed by atoms with Gasteiger partial charge in [0.15, 0.2) is 10.8 Å². The quantitative estimate of drug-likeness (QED) is 0.596. The maximum Gasteiger partial charge on any atom is 0.233 e. The van der Waals surface area contributed by atoms with Crippen LogP contribution in [0.2, 0.25) is 0 Å². The average molecular weight is 412 g/mol. The Balaban J connectivity index is 1.69. The number of likely N-dealkylation sites (tertiary alicyclic amines) is 1. The molecule has 1 amide bonds. The van der Waals surface area contributed by atoms with E-state index in [2.05, 4.69) is 49.7 Å². The van der Waals surface area contributed by atoms with Crippen molar-refractivity contribution in [2.24, 2.45) is 0 Å². The van der Waals surface area contributed by atoms with Crippen LogP contribution in [0.25, 0.3) is 16.6 Å². The van der Waals surface area contributed by atoms with E-state index in [1.165, 1.54) is 18.2 Å². The number of benzene rings is 1. The SMILES string of the molecule is CC1CCCC(C)N1C(=O)CSc1nnc2c3ccccc3nc(C(C)(C)C)n12. The topological polar surface area (TPSA) is 63.4 Å². The van der Waals surface area contributed by atoms with Crippen LogP contribution >= 0.6 is 11.8 Å². The molecule has 1 saturated heterocycles. The molecule has 0 saturated carbocycles. The lowest BCUT2D eigenvalue weighted by atomic mass is 9.95. The molecule has 1 fully saturated rings. The zero-order chi connectivity index (χ0) is 20.8. The number of aromatic nitrogens is 4. The highest BCUT2D eigenvalue weighted by molar-refractivity contribution is 7.99. The lowest BCUT2D eigenvalue weighted by Gasteiger charge is -2.39. The van der Waals surface area contributed by atoms with Crippen molar-refractivity contribution in [1.82, 2.24) is 24.5 Å². The fourth-order valence-electron chi connectivity index (χ4n) is 4.27. The predicted molar refractivity (Wildman–Crippen MR) is 117 cm³/mol. The Morgan fingerprint density at radius 3 is 2.52 bits per heavy atom. The molecular weight excluding hydrogens is 382 g/mol. The van der Waals surface area contributed by atoms with Gasteiger partial charge in [-0.3, -0.25) is 9.20 Å². The molecule has 0 N–H and O–H groups in total. The minimum absolute atomic E-state index is 0.178. The van der Waals surface area contributed by atoms with Crippen LogP contribution in [0.1, 0.15) is 59.7 Å². The van der Waals surface area contributed by atoms with Crippen LogP contribution in [0.5, 0.6) is 0 Å². The second-order valence-corrected chi connectivity index (χ2v) is 10.0. The standard InChI is InChI=1S/C22H29N5OS/c1-14-9-8-10-15(2)26(14)18(28)13-29-21-25-24-19-16-11-6-7-12-17(16)23-20(27(19)21)22(3,4)5/h6-7,11-12,14-15H,8-10,13H2,1-5H3. The number of nitrogens with zero attached hydrogens (tertiary/aromatic N) is 5. The number of thioether (sulfide) groups is 1. The number of hydrogen-bond acceptors (Lipinski definition) is 5. The Kier molecular flexibility index (Phi) is 5.27. The maximum absolute atomic E-state index is 13.0. The Labute approximate surface area is 176 Å². The summed E-state index contributed by atoms with van der Waals surface area (Å²) in [5.74, 6) is 1.45. The van der Waals surface area contributed by atoms with Gasteiger partial charge >= 0.3 is 0 Å². The van der Waals surface area contributed by atoms with Crippen molar-refractivity contribution in [2.75, 3.05) is 5.75 Å². The molecule has 0 aliphatic carbocycles. The van der Waals surface area contributed by atoms with E-state index in [0.717, 1.165) is 40.4 Å². The molecular formula is C22H29N5OS. The molecule has 2 unspecified atom stereocenters. The number of para-hydroxylation sites is 1. The monoisotopic (exact) mass is 411 g/mol. The van der Waals surface area contributed by atoms with Gasteiger partial charge in [-0.15, -0.1) is 10.2 Å². The number of rotatable bonds is 3. The largest absolute Gasteiger partial charge is 0.337 e. The molecule has 0 spiro atoms. The summed E-state index contributed by atoms with van der Waals surface area (Å²) in [5.41, 5.74) is 1.54. The molecule has 3 aromatic rings. The summed E-state index contributed by atoms with van der Waals surface area (Å²) in [4.78, 5) is 20.0. The first kappa shape index (κ1) is 20.1. The molecule has 1 aromatic carbocycles. The summed E-state index contributed by atoms with van der Waals surface area (Å²) in [7, 11) is 0. The molecule has 4 rings (SSSR count). The van der Waals surface area contributed by atoms with E-state index < -0.39 is 0 Å². The molecule has 2 atom stereocenters. The highest BCUT2D eigenvalue weighted by Gasteiger charge is 2.30. The number of hydrogen-bond donors (Lipinski definition) is 0. The van der Waals surface area contributed by atoms with Crippen molar-refractivity contribution < 1.29 is 4.79 Å². The maximum atomic E-state index is 13.0. The minimum atomic E-state index is -0.181. The van der Waals surface area contributed by atoms with Crippen LogP contribution in [-0.4, -0.2) is 48.2 Å². The van der Waals surface area contributed by atoms with Gasteiger partial charge in [-0.25, -0.2) is 4.98 Å². The lowest BCUT2D eigenvalue weighted by Crippen LogP contribution is -2.48. The van der Waals surface area contributed by atoms with Gasteiger partial charge in [-0.05, 0) is 45.2 Å². The zero-order valence-corrected chi connectivity index (χ0v) is 18.7. The van der Waals surface area contributed by atoms with Gasteiger partial charge in [0, 0.05) is 22.9 Å². The second-order valence-electron chi connectivity index (χ2n) is 9.06. The second kappa shape index (κ2) is 7.59. The molecule has 3 heterocycles. The predicted octanol–water partition coefficient (Wildman–Crippen LogP) is 4.46. The summed E-state index contributed by atoms with van der Waals surface area (Å²) in [6.07, 6.45) is 3.36. The van der Waals surface area contributed by atoms with E-state index in [0.29, 0.717) is 17.8 Å². The minimum Gasteiger partial charge on any atom is -0.337 e. The Hall–Kier alpha value is -2.15. The van der Waals surface area contributed by atoms with Crippen LogP contribution in [0.4, 0.5) is 0 Å². The Morgan fingerprint density at radius 1 is 1.14 bits per heavy atom. The average Bonchev–Trinajstić information content (AvgIpc) is 3.09. The van der Waals surface area contributed by atoms with Gasteiger partial charge in [0.1, 0.15) is 5.82 Å². The van der Waals surface area contributed by atoms with Crippen molar-refractivity contribution in [2.45, 2.75) is 76.5 Å². The third kappa shape index (κ3) is 3.72. The fraction of sp³-hybridized carbons (Fsp3) is 0.545. The normalized spacial score (nSPS) is 20.5. The van der Waals surface area contributed by atoms with Gasteiger partial charge in [-0.2, -0.15) is 0 Å². The Bertz CT molecular complexity index is 1040. The zero-order valence-electron chi connectivity index (χ0n) is 17.8. The number of fused-ring (bicyclic) bond motifs is 3. The fourth-order valence-corrected chi connectivity index (χ4v) is 5.07. The lowest BCUT2D eigenvalue weighted by molar-refractivity contribution is -0.134. The van der Waals surface area contributed by atoms with Gasteiger partial charge in [0.2, 0.25) is 5.91 Å². The summed E-state index contributed by atoms with van der Waals surface area (Å²) in [5, 5.41) is 10.6. The smallest absolute Gasteiger partial charge is 0.233 e. The number of carbonyl (C=O) groups excluding carboxylic acids is 1. The van der Waals surface area contributed by atoms with E-state index in [4.69, 9.17) is 4.98 Å². The van der Waals surface area contributed by atoms with E-state index in [1.807, 2.05) is 28.7 Å². The van der Waals surface area contributed by atoms with Gasteiger partial charge in [0.25, 0.3) is 0 Å². The molecule has 0 bridgehead atoms. The van der Waals surface area contributed by atoms with Crippen molar-refractivity contribution >= 4 is 34.2 Å². The molecule has 7 heteroatoms. The number of carbonyl (C=O) groups is 1. The summed E-state index contributed by atoms with van der Waals surface area (Å²) < 4.78 is 2.03. The van der Waals surface area contributed by atoms with Crippen molar-refractivity contribution in [3.05, 3.63) is 30.1 Å². The molecule has 154 valence electrons. The van der Waals surface area contributed by atoms with E-state index in [1.54, 1.807) is 0 Å². The molecule has 29 heavy (non-hydrogen) atoms. The summed E-state index contributed by atoms with van der Waals surface area (Å²) in [6, 6.07) is 8.62. The van der Waals surface area contributed by atoms with Gasteiger partial charge < -0.3 is 4.90 Å². The Morgan fingerprint density at radius 2 is 1.83 bits per heavy atom. The van der Waals surface area contributed by atoms with Crippen LogP contribution in [0.3, 0.4) is 0 Å². The van der Waals surface area contributed by atoms with Crippen LogP contribution in [0.15, 0.2) is 29.4 Å². The van der Waals surface area contributed by atoms with E-state index >= 15 is 0 Å². The van der Waals surface area contributed by atoms with Crippen LogP contribution < -0.4 is 0 Å². The first-order chi connectivity index (χ1) is 13.8. The molecule has 6 nitrogen and oxygen atoms in total. The first-order valence-corrected chi connectivity index (χ1v) is 11.3. The van der Waals surface area contributed by atoms with Crippen molar-refractivity contribution in [1.29, 1.82) is 0 Å². The summed E-state index contributed by atoms with van der Waals surface area (Å²) >= 11 is 1.46. The molecule has 2 aromatic heterocycles. The van der Waals surface area contributed by atoms with E-state index in [9.17, 15) is 4.79 Å². The van der Waals surface area contributed by atoms with Crippen molar-refractivity contribution in [3.63, 3.8) is 0 Å². The van der Waals surface area contributed by atoms with Gasteiger partial charge in [-0.1, -0.05) is 44.7 Å². The highest BCUT2D eigenvalue weighted by Crippen LogP contribution is 2.30. The third-order valence-corrected chi connectivity index (χ3v) is 6.61. The molecule has 1 aliphatic heterocycles.